The van der Waals surface area contributed by atoms with Gasteiger partial charge in [-0.3, -0.25) is 4.79 Å². The molecule has 0 aliphatic rings. The zero-order valence-electron chi connectivity index (χ0n) is 16.4. The van der Waals surface area contributed by atoms with E-state index in [1.54, 1.807) is 19.0 Å². The Morgan fingerprint density at radius 2 is 1.67 bits per heavy atom. The topological polar surface area (TPSA) is 42.6 Å². The number of hydrogen-bond donors (Lipinski definition) is 1. The molecule has 0 radical (unpaired) electrons. The van der Waals surface area contributed by atoms with Gasteiger partial charge in [-0.25, -0.2) is 4.68 Å². The monoisotopic (exact) mass is 363 g/mol. The van der Waals surface area contributed by atoms with Gasteiger partial charge in [-0.05, 0) is 19.1 Å². The molecule has 0 aliphatic carbocycles. The summed E-state index contributed by atoms with van der Waals surface area (Å²) in [5, 5.41) is 4.85. The van der Waals surface area contributed by atoms with Crippen LogP contribution < -0.4 is 4.90 Å². The van der Waals surface area contributed by atoms with Gasteiger partial charge in [0.1, 0.15) is 12.2 Å². The van der Waals surface area contributed by atoms with Gasteiger partial charge in [0.25, 0.3) is 5.91 Å². The van der Waals surface area contributed by atoms with Crippen LogP contribution in [0.25, 0.3) is 16.9 Å². The fourth-order valence-electron chi connectivity index (χ4n) is 3.14. The number of quaternary nitrogens is 1. The molecule has 3 aromatic rings. The van der Waals surface area contributed by atoms with Crippen LogP contribution in [-0.4, -0.2) is 47.8 Å². The molecular weight excluding hydrogens is 336 g/mol. The zero-order chi connectivity index (χ0) is 19.4. The van der Waals surface area contributed by atoms with Gasteiger partial charge in [0, 0.05) is 25.9 Å². The van der Waals surface area contributed by atoms with Crippen LogP contribution in [-0.2, 0) is 11.3 Å². The summed E-state index contributed by atoms with van der Waals surface area (Å²) < 4.78 is 1.92. The van der Waals surface area contributed by atoms with Gasteiger partial charge in [0.05, 0.1) is 18.3 Å². The van der Waals surface area contributed by atoms with Gasteiger partial charge in [-0.15, -0.1) is 0 Å². The highest BCUT2D eigenvalue weighted by Crippen LogP contribution is 2.23. The normalized spacial score (nSPS) is 13.2. The highest BCUT2D eigenvalue weighted by Gasteiger charge is 2.25. The van der Waals surface area contributed by atoms with E-state index < -0.39 is 0 Å². The fourth-order valence-corrected chi connectivity index (χ4v) is 3.14. The van der Waals surface area contributed by atoms with Crippen LogP contribution in [0.15, 0.2) is 66.9 Å². The number of nitrogens with zero attached hydrogens (tertiary/aromatic N) is 3. The second-order valence-electron chi connectivity index (χ2n) is 7.13. The van der Waals surface area contributed by atoms with Crippen molar-refractivity contribution >= 4 is 5.91 Å². The molecule has 0 fully saturated rings. The highest BCUT2D eigenvalue weighted by molar-refractivity contribution is 5.79. The lowest BCUT2D eigenvalue weighted by atomic mass is 10.1. The first-order chi connectivity index (χ1) is 13.0. The van der Waals surface area contributed by atoms with Crippen LogP contribution in [0.4, 0.5) is 0 Å². The quantitative estimate of drug-likeness (QED) is 0.728. The van der Waals surface area contributed by atoms with Crippen molar-refractivity contribution in [3.63, 3.8) is 0 Å². The molecule has 1 unspecified atom stereocenters. The van der Waals surface area contributed by atoms with Crippen molar-refractivity contribution in [1.82, 2.24) is 14.7 Å². The van der Waals surface area contributed by atoms with E-state index in [-0.39, 0.29) is 11.9 Å². The summed E-state index contributed by atoms with van der Waals surface area (Å²) in [4.78, 5) is 15.1. The van der Waals surface area contributed by atoms with Crippen molar-refractivity contribution in [1.29, 1.82) is 0 Å². The molecule has 0 saturated heterocycles. The Hall–Kier alpha value is -2.92. The minimum Gasteiger partial charge on any atom is -0.344 e. The van der Waals surface area contributed by atoms with Crippen molar-refractivity contribution in [2.45, 2.75) is 19.5 Å². The van der Waals surface area contributed by atoms with Crippen LogP contribution in [0.5, 0.6) is 0 Å². The molecule has 1 amide bonds. The third-order valence-corrected chi connectivity index (χ3v) is 4.88. The summed E-state index contributed by atoms with van der Waals surface area (Å²) in [6, 6.07) is 20.2. The van der Waals surface area contributed by atoms with E-state index in [1.807, 2.05) is 60.1 Å². The minimum absolute atomic E-state index is 0.122. The number of hydrogen-bond acceptors (Lipinski definition) is 2. The average Bonchev–Trinajstić information content (AvgIpc) is 3.11. The number of nitrogens with one attached hydrogen (secondary N) is 1. The van der Waals surface area contributed by atoms with Crippen LogP contribution >= 0.6 is 0 Å². The number of amides is 1. The maximum atomic E-state index is 12.3. The third kappa shape index (κ3) is 4.26. The van der Waals surface area contributed by atoms with Gasteiger partial charge in [0.2, 0.25) is 0 Å². The molecule has 0 saturated carbocycles. The molecule has 0 bridgehead atoms. The minimum atomic E-state index is -0.122. The van der Waals surface area contributed by atoms with E-state index in [0.717, 1.165) is 34.0 Å². The van der Waals surface area contributed by atoms with E-state index in [0.29, 0.717) is 0 Å². The molecule has 140 valence electrons. The highest BCUT2D eigenvalue weighted by atomic mass is 16.2. The summed E-state index contributed by atoms with van der Waals surface area (Å²) in [7, 11) is 5.66. The Labute approximate surface area is 160 Å². The summed E-state index contributed by atoms with van der Waals surface area (Å²) >= 11 is 0. The molecule has 5 heteroatoms. The Balaban J connectivity index is 1.95. The molecule has 3 rings (SSSR count). The predicted octanol–water partition coefficient (Wildman–Crippen LogP) is 2.03. The number of benzene rings is 2. The molecule has 1 heterocycles. The average molecular weight is 363 g/mol. The molecule has 2 atom stereocenters. The number of likely N-dealkylation sites (N-methyl/N-ethyl adjacent to an activating group) is 2. The molecule has 0 spiro atoms. The van der Waals surface area contributed by atoms with Crippen molar-refractivity contribution in [3.05, 3.63) is 72.4 Å². The second-order valence-corrected chi connectivity index (χ2v) is 7.13. The SMILES string of the molecule is C[C@H](C(=O)N(C)C)[NH+](C)Cc1cn(-c2ccccc2)nc1-c1ccccc1. The van der Waals surface area contributed by atoms with Gasteiger partial charge >= 0.3 is 0 Å². The van der Waals surface area contributed by atoms with E-state index in [2.05, 4.69) is 25.4 Å². The van der Waals surface area contributed by atoms with E-state index in [1.165, 1.54) is 0 Å². The fraction of sp³-hybridized carbons (Fsp3) is 0.273. The Morgan fingerprint density at radius 1 is 1.07 bits per heavy atom. The smallest absolute Gasteiger partial charge is 0.280 e. The van der Waals surface area contributed by atoms with E-state index in [9.17, 15) is 4.79 Å². The zero-order valence-corrected chi connectivity index (χ0v) is 16.4. The Morgan fingerprint density at radius 3 is 2.26 bits per heavy atom. The first-order valence-electron chi connectivity index (χ1n) is 9.20. The van der Waals surface area contributed by atoms with Crippen LogP contribution in [0.3, 0.4) is 0 Å². The van der Waals surface area contributed by atoms with Crippen LogP contribution in [0, 0.1) is 0 Å². The van der Waals surface area contributed by atoms with Crippen molar-refractivity contribution < 1.29 is 9.69 Å². The van der Waals surface area contributed by atoms with E-state index in [4.69, 9.17) is 5.10 Å². The first kappa shape index (κ1) is 18.9. The van der Waals surface area contributed by atoms with Gasteiger partial charge in [-0.1, -0.05) is 48.5 Å². The molecule has 1 aromatic heterocycles. The van der Waals surface area contributed by atoms with Crippen LogP contribution in [0.2, 0.25) is 0 Å². The number of aromatic nitrogens is 2. The van der Waals surface area contributed by atoms with Crippen molar-refractivity contribution in [2.75, 3.05) is 21.1 Å². The van der Waals surface area contributed by atoms with Crippen molar-refractivity contribution in [2.24, 2.45) is 0 Å². The predicted molar refractivity (Wildman–Crippen MR) is 108 cm³/mol. The molecule has 27 heavy (non-hydrogen) atoms. The molecular formula is C22H27N4O+. The largest absolute Gasteiger partial charge is 0.344 e. The summed E-state index contributed by atoms with van der Waals surface area (Å²) in [5.41, 5.74) is 4.20. The summed E-state index contributed by atoms with van der Waals surface area (Å²) in [5.74, 6) is 0.129. The molecule has 0 aliphatic heterocycles. The molecule has 2 aromatic carbocycles. The lowest BCUT2D eigenvalue weighted by Gasteiger charge is -2.23. The number of rotatable bonds is 6. The van der Waals surface area contributed by atoms with Crippen LogP contribution in [0.1, 0.15) is 12.5 Å². The summed E-state index contributed by atoms with van der Waals surface area (Å²) in [6.45, 7) is 2.69. The number of carbonyl (C=O) groups excluding carboxylic acids is 1. The van der Waals surface area contributed by atoms with E-state index >= 15 is 0 Å². The van der Waals surface area contributed by atoms with Gasteiger partial charge < -0.3 is 9.80 Å². The third-order valence-electron chi connectivity index (χ3n) is 4.88. The number of para-hydroxylation sites is 1. The Kier molecular flexibility index (Phi) is 5.72. The van der Waals surface area contributed by atoms with Gasteiger partial charge in [0.15, 0.2) is 6.04 Å². The lowest BCUT2D eigenvalue weighted by Crippen LogP contribution is -3.12. The standard InChI is InChI=1S/C22H26N4O/c1-17(22(27)24(2)3)25(4)15-19-16-26(20-13-9-6-10-14-20)23-21(19)18-11-7-5-8-12-18/h5-14,16-17H,15H2,1-4H3/p+1/t17-/m1/s1. The first-order valence-corrected chi connectivity index (χ1v) is 9.20. The molecule has 5 nitrogen and oxygen atoms in total. The lowest BCUT2D eigenvalue weighted by molar-refractivity contribution is -0.908. The van der Waals surface area contributed by atoms with Gasteiger partial charge in [-0.2, -0.15) is 5.10 Å². The Bertz CT molecular complexity index is 887. The van der Waals surface area contributed by atoms with Crippen molar-refractivity contribution in [3.8, 4) is 16.9 Å². The summed E-state index contributed by atoms with van der Waals surface area (Å²) in [6.07, 6.45) is 2.08. The maximum absolute atomic E-state index is 12.3. The maximum Gasteiger partial charge on any atom is 0.280 e. The second kappa shape index (κ2) is 8.18. The molecule has 1 N–H and O–H groups in total. The number of carbonyl (C=O) groups is 1.